The number of rotatable bonds is 8. The van der Waals surface area contributed by atoms with Gasteiger partial charge in [0.2, 0.25) is 5.91 Å². The predicted octanol–water partition coefficient (Wildman–Crippen LogP) is 2.86. The summed E-state index contributed by atoms with van der Waals surface area (Å²) in [7, 11) is 3.48. The van der Waals surface area contributed by atoms with Crippen LogP contribution in [0.25, 0.3) is 0 Å². The van der Waals surface area contributed by atoms with Crippen LogP contribution >= 0.6 is 11.8 Å². The lowest BCUT2D eigenvalue weighted by Crippen LogP contribution is -2.39. The molecule has 1 fully saturated rings. The zero-order valence-electron chi connectivity index (χ0n) is 16.2. The second kappa shape index (κ2) is 10.6. The highest BCUT2D eigenvalue weighted by atomic mass is 32.2. The topological polar surface area (TPSA) is 52.7 Å². The number of hydrogen-bond donors (Lipinski definition) is 1. The Labute approximate surface area is 161 Å². The van der Waals surface area contributed by atoms with Crippen LogP contribution in [-0.4, -0.2) is 67.1 Å². The van der Waals surface area contributed by atoms with Crippen molar-refractivity contribution in [2.45, 2.75) is 43.5 Å². The van der Waals surface area contributed by atoms with Gasteiger partial charge in [0.1, 0.15) is 0 Å². The molecule has 5 nitrogen and oxygen atoms in total. The lowest BCUT2D eigenvalue weighted by molar-refractivity contribution is -0.125. The molecule has 0 radical (unpaired) electrons. The van der Waals surface area contributed by atoms with Crippen molar-refractivity contribution in [3.8, 4) is 0 Å². The van der Waals surface area contributed by atoms with Gasteiger partial charge < -0.3 is 15.1 Å². The minimum absolute atomic E-state index is 0.0425. The van der Waals surface area contributed by atoms with Crippen molar-refractivity contribution in [1.82, 2.24) is 15.1 Å². The van der Waals surface area contributed by atoms with E-state index in [1.54, 1.807) is 19.0 Å². The summed E-state index contributed by atoms with van der Waals surface area (Å²) >= 11 is 1.41. The average molecular weight is 378 g/mol. The average Bonchev–Trinajstić information content (AvgIpc) is 2.64. The molecule has 144 valence electrons. The number of amides is 2. The predicted molar refractivity (Wildman–Crippen MR) is 108 cm³/mol. The highest BCUT2D eigenvalue weighted by molar-refractivity contribution is 8.00. The summed E-state index contributed by atoms with van der Waals surface area (Å²) in [5, 5.41) is 3.03. The second-order valence-electron chi connectivity index (χ2n) is 7.06. The standard InChI is InChI=1S/C20H31N3O2S/c1-16-9-6-7-13-23(16)14-8-12-21-20(25)17-10-4-5-11-18(17)26-15-19(24)22(2)3/h4-5,10-11,16H,6-9,12-15H2,1-3H3,(H,21,25)/t16-/m0/s1. The number of nitrogens with zero attached hydrogens (tertiary/aromatic N) is 2. The van der Waals surface area contributed by atoms with E-state index in [1.165, 1.54) is 37.6 Å². The molecular weight excluding hydrogens is 346 g/mol. The largest absolute Gasteiger partial charge is 0.352 e. The molecule has 0 unspecified atom stereocenters. The van der Waals surface area contributed by atoms with Crippen molar-refractivity contribution < 1.29 is 9.59 Å². The summed E-state index contributed by atoms with van der Waals surface area (Å²) < 4.78 is 0. The minimum Gasteiger partial charge on any atom is -0.352 e. The molecular formula is C20H31N3O2S. The van der Waals surface area contributed by atoms with Crippen molar-refractivity contribution in [1.29, 1.82) is 0 Å². The van der Waals surface area contributed by atoms with Gasteiger partial charge in [-0.05, 0) is 44.9 Å². The van der Waals surface area contributed by atoms with Gasteiger partial charge in [-0.3, -0.25) is 9.59 Å². The van der Waals surface area contributed by atoms with Crippen LogP contribution in [0.15, 0.2) is 29.2 Å². The maximum absolute atomic E-state index is 12.5. The Morgan fingerprint density at radius 3 is 2.77 bits per heavy atom. The molecule has 26 heavy (non-hydrogen) atoms. The van der Waals surface area contributed by atoms with Crippen molar-refractivity contribution in [3.63, 3.8) is 0 Å². The summed E-state index contributed by atoms with van der Waals surface area (Å²) in [5.74, 6) is 0.322. The van der Waals surface area contributed by atoms with E-state index in [4.69, 9.17) is 0 Å². The van der Waals surface area contributed by atoms with Gasteiger partial charge in [-0.25, -0.2) is 0 Å². The number of nitrogens with one attached hydrogen (secondary N) is 1. The Morgan fingerprint density at radius 1 is 1.27 bits per heavy atom. The van der Waals surface area contributed by atoms with E-state index in [0.29, 0.717) is 23.9 Å². The fourth-order valence-electron chi connectivity index (χ4n) is 3.12. The minimum atomic E-state index is -0.0582. The van der Waals surface area contributed by atoms with Gasteiger partial charge in [0, 0.05) is 38.1 Å². The van der Waals surface area contributed by atoms with E-state index >= 15 is 0 Å². The van der Waals surface area contributed by atoms with E-state index in [1.807, 2.05) is 24.3 Å². The molecule has 2 amide bonds. The first-order valence-corrected chi connectivity index (χ1v) is 10.4. The SMILES string of the molecule is C[C@H]1CCCCN1CCCNC(=O)c1ccccc1SCC(=O)N(C)C. The molecule has 6 heteroatoms. The Bertz CT molecular complexity index is 606. The monoisotopic (exact) mass is 377 g/mol. The normalized spacial score (nSPS) is 17.7. The molecule has 0 aliphatic carbocycles. The number of piperidine rings is 1. The highest BCUT2D eigenvalue weighted by Crippen LogP contribution is 2.23. The van der Waals surface area contributed by atoms with Crippen LogP contribution in [0.5, 0.6) is 0 Å². The molecule has 0 saturated carbocycles. The Hall–Kier alpha value is -1.53. The quantitative estimate of drug-likeness (QED) is 0.559. The van der Waals surface area contributed by atoms with Gasteiger partial charge >= 0.3 is 0 Å². The van der Waals surface area contributed by atoms with E-state index in [0.717, 1.165) is 17.9 Å². The van der Waals surface area contributed by atoms with Crippen LogP contribution in [0.3, 0.4) is 0 Å². The number of benzene rings is 1. The maximum atomic E-state index is 12.5. The van der Waals surface area contributed by atoms with E-state index in [-0.39, 0.29) is 11.8 Å². The lowest BCUT2D eigenvalue weighted by atomic mass is 10.0. The van der Waals surface area contributed by atoms with Crippen molar-refractivity contribution in [2.24, 2.45) is 0 Å². The van der Waals surface area contributed by atoms with Crippen LogP contribution in [0.1, 0.15) is 43.0 Å². The van der Waals surface area contributed by atoms with Gasteiger partial charge in [0.25, 0.3) is 5.91 Å². The summed E-state index contributed by atoms with van der Waals surface area (Å²) in [6.07, 6.45) is 4.86. The third-order valence-corrected chi connectivity index (χ3v) is 5.89. The van der Waals surface area contributed by atoms with Crippen molar-refractivity contribution in [2.75, 3.05) is 39.5 Å². The lowest BCUT2D eigenvalue weighted by Gasteiger charge is -2.33. The zero-order valence-corrected chi connectivity index (χ0v) is 17.0. The van der Waals surface area contributed by atoms with Crippen molar-refractivity contribution in [3.05, 3.63) is 29.8 Å². The first kappa shape index (κ1) is 20.8. The first-order chi connectivity index (χ1) is 12.5. The highest BCUT2D eigenvalue weighted by Gasteiger charge is 2.17. The van der Waals surface area contributed by atoms with Crippen LogP contribution in [0.4, 0.5) is 0 Å². The fraction of sp³-hybridized carbons (Fsp3) is 0.600. The van der Waals surface area contributed by atoms with E-state index in [9.17, 15) is 9.59 Å². The molecule has 1 aliphatic rings. The molecule has 1 atom stereocenters. The number of carbonyl (C=O) groups excluding carboxylic acids is 2. The Kier molecular flexibility index (Phi) is 8.45. The van der Waals surface area contributed by atoms with Crippen LogP contribution in [0, 0.1) is 0 Å². The molecule has 1 saturated heterocycles. The molecule has 0 bridgehead atoms. The number of carbonyl (C=O) groups is 2. The van der Waals surface area contributed by atoms with Gasteiger partial charge in [0.15, 0.2) is 0 Å². The number of thioether (sulfide) groups is 1. The molecule has 1 heterocycles. The molecule has 0 aromatic heterocycles. The number of likely N-dealkylation sites (tertiary alicyclic amines) is 1. The zero-order chi connectivity index (χ0) is 18.9. The molecule has 0 spiro atoms. The van der Waals surface area contributed by atoms with Gasteiger partial charge in [0.05, 0.1) is 11.3 Å². The number of hydrogen-bond acceptors (Lipinski definition) is 4. The van der Waals surface area contributed by atoms with Gasteiger partial charge in [-0.15, -0.1) is 11.8 Å². The summed E-state index contributed by atoms with van der Waals surface area (Å²) in [6, 6.07) is 8.15. The van der Waals surface area contributed by atoms with Crippen LogP contribution < -0.4 is 5.32 Å². The van der Waals surface area contributed by atoms with Crippen LogP contribution in [0.2, 0.25) is 0 Å². The van der Waals surface area contributed by atoms with E-state index < -0.39 is 0 Å². The third-order valence-electron chi connectivity index (χ3n) is 4.83. The van der Waals surface area contributed by atoms with E-state index in [2.05, 4.69) is 17.1 Å². The van der Waals surface area contributed by atoms with Crippen molar-refractivity contribution >= 4 is 23.6 Å². The maximum Gasteiger partial charge on any atom is 0.252 e. The first-order valence-electron chi connectivity index (χ1n) is 9.43. The summed E-state index contributed by atoms with van der Waals surface area (Å²) in [4.78, 5) is 29.2. The van der Waals surface area contributed by atoms with Crippen LogP contribution in [-0.2, 0) is 4.79 Å². The molecule has 1 N–H and O–H groups in total. The second-order valence-corrected chi connectivity index (χ2v) is 8.08. The molecule has 1 aromatic carbocycles. The molecule has 1 aliphatic heterocycles. The Balaban J connectivity index is 1.80. The molecule has 2 rings (SSSR count). The van der Waals surface area contributed by atoms with Gasteiger partial charge in [-0.1, -0.05) is 18.6 Å². The fourth-order valence-corrected chi connectivity index (χ4v) is 4.15. The summed E-state index contributed by atoms with van der Waals surface area (Å²) in [5.41, 5.74) is 0.649. The van der Waals surface area contributed by atoms with Gasteiger partial charge in [-0.2, -0.15) is 0 Å². The third kappa shape index (κ3) is 6.32. The smallest absolute Gasteiger partial charge is 0.252 e. The molecule has 1 aromatic rings. The summed E-state index contributed by atoms with van der Waals surface area (Å²) in [6.45, 7) is 5.18. The Morgan fingerprint density at radius 2 is 2.04 bits per heavy atom.